The molecule has 1 aliphatic heterocycles. The standard InChI is InChI=1S/C24H29NO5S2/c1-14-5-8-16(9-6-14)21(26)30-18-10-7-15(2)19-20(18)32-23(31-19)17(13-25)22(27)29-12-11-24(3,4)28/h7,10,14,16,28H,5-6,8-9,11-12H2,1-4H3/b23-17-. The first-order valence-corrected chi connectivity index (χ1v) is 12.5. The molecule has 0 aromatic heterocycles. The summed E-state index contributed by atoms with van der Waals surface area (Å²) in [5.41, 5.74) is -0.0593. The molecule has 3 rings (SSSR count). The van der Waals surface area contributed by atoms with E-state index in [9.17, 15) is 20.0 Å². The summed E-state index contributed by atoms with van der Waals surface area (Å²) >= 11 is 2.58. The highest BCUT2D eigenvalue weighted by atomic mass is 32.2. The third kappa shape index (κ3) is 6.09. The third-order valence-corrected chi connectivity index (χ3v) is 8.44. The fraction of sp³-hybridized carbons (Fsp3) is 0.542. The van der Waals surface area contributed by atoms with E-state index in [0.717, 1.165) is 41.0 Å². The first kappa shape index (κ1) is 24.7. The predicted octanol–water partition coefficient (Wildman–Crippen LogP) is 5.36. The number of hydrogen-bond donors (Lipinski definition) is 1. The van der Waals surface area contributed by atoms with Gasteiger partial charge in [0.15, 0.2) is 5.57 Å². The van der Waals surface area contributed by atoms with Crippen molar-refractivity contribution >= 4 is 35.5 Å². The fourth-order valence-electron chi connectivity index (χ4n) is 3.58. The quantitative estimate of drug-likeness (QED) is 0.254. The lowest BCUT2D eigenvalue weighted by molar-refractivity contribution is -0.141. The molecule has 1 aromatic rings. The number of aryl methyl sites for hydroxylation is 1. The normalized spacial score (nSPS) is 22.0. The Labute approximate surface area is 197 Å². The van der Waals surface area contributed by atoms with Gasteiger partial charge in [0.25, 0.3) is 0 Å². The molecule has 0 amide bonds. The van der Waals surface area contributed by atoms with Crippen LogP contribution in [-0.2, 0) is 14.3 Å². The van der Waals surface area contributed by atoms with Crippen molar-refractivity contribution in [1.29, 1.82) is 5.26 Å². The second kappa shape index (κ2) is 10.3. The number of aliphatic hydroxyl groups is 1. The Balaban J connectivity index is 1.76. The molecule has 1 aromatic carbocycles. The molecular weight excluding hydrogens is 446 g/mol. The average Bonchev–Trinajstić information content (AvgIpc) is 3.16. The van der Waals surface area contributed by atoms with E-state index >= 15 is 0 Å². The summed E-state index contributed by atoms with van der Waals surface area (Å²) in [6.07, 6.45) is 4.02. The van der Waals surface area contributed by atoms with Crippen LogP contribution in [0.5, 0.6) is 5.75 Å². The number of carbonyl (C=O) groups is 2. The lowest BCUT2D eigenvalue weighted by Crippen LogP contribution is -2.25. The zero-order valence-electron chi connectivity index (χ0n) is 18.9. The molecule has 0 spiro atoms. The minimum absolute atomic E-state index is 0.0188. The summed E-state index contributed by atoms with van der Waals surface area (Å²) in [4.78, 5) is 26.9. The van der Waals surface area contributed by atoms with Gasteiger partial charge in [-0.3, -0.25) is 4.79 Å². The fourth-order valence-corrected chi connectivity index (χ4v) is 6.22. The second-order valence-corrected chi connectivity index (χ2v) is 11.4. The molecule has 2 aliphatic rings. The van der Waals surface area contributed by atoms with Crippen molar-refractivity contribution in [3.63, 3.8) is 0 Å². The summed E-state index contributed by atoms with van der Waals surface area (Å²) in [5.74, 6) is 0.103. The first-order chi connectivity index (χ1) is 15.1. The molecule has 1 N–H and O–H groups in total. The van der Waals surface area contributed by atoms with Gasteiger partial charge in [0.05, 0.1) is 27.3 Å². The van der Waals surface area contributed by atoms with Gasteiger partial charge < -0.3 is 14.6 Å². The Hall–Kier alpha value is -1.95. The summed E-state index contributed by atoms with van der Waals surface area (Å²) in [6.45, 7) is 7.42. The highest BCUT2D eigenvalue weighted by molar-refractivity contribution is 8.24. The molecule has 0 bridgehead atoms. The summed E-state index contributed by atoms with van der Waals surface area (Å²) < 4.78 is 11.5. The van der Waals surface area contributed by atoms with E-state index in [1.165, 1.54) is 23.5 Å². The topological polar surface area (TPSA) is 96.6 Å². The van der Waals surface area contributed by atoms with Crippen LogP contribution in [0.3, 0.4) is 0 Å². The van der Waals surface area contributed by atoms with E-state index in [0.29, 0.717) is 15.9 Å². The Morgan fingerprint density at radius 3 is 2.47 bits per heavy atom. The van der Waals surface area contributed by atoms with Crippen molar-refractivity contribution in [1.82, 2.24) is 0 Å². The minimum atomic E-state index is -0.959. The van der Waals surface area contributed by atoms with Crippen molar-refractivity contribution in [3.05, 3.63) is 27.5 Å². The van der Waals surface area contributed by atoms with Crippen molar-refractivity contribution in [2.24, 2.45) is 11.8 Å². The highest BCUT2D eigenvalue weighted by Crippen LogP contribution is 2.57. The van der Waals surface area contributed by atoms with E-state index in [-0.39, 0.29) is 30.5 Å². The van der Waals surface area contributed by atoms with Gasteiger partial charge in [-0.15, -0.1) is 0 Å². The predicted molar refractivity (Wildman–Crippen MR) is 124 cm³/mol. The molecule has 8 heteroatoms. The van der Waals surface area contributed by atoms with E-state index in [1.807, 2.05) is 19.1 Å². The van der Waals surface area contributed by atoms with Crippen LogP contribution in [0.15, 0.2) is 31.7 Å². The maximum atomic E-state index is 12.7. The number of carbonyl (C=O) groups excluding carboxylic acids is 2. The number of hydrogen-bond acceptors (Lipinski definition) is 8. The maximum Gasteiger partial charge on any atom is 0.350 e. The third-order valence-electron chi connectivity index (χ3n) is 5.69. The van der Waals surface area contributed by atoms with Crippen molar-refractivity contribution in [2.75, 3.05) is 6.61 Å². The molecular formula is C24H29NO5S2. The monoisotopic (exact) mass is 475 g/mol. The van der Waals surface area contributed by atoms with Gasteiger partial charge in [-0.2, -0.15) is 5.26 Å². The number of rotatable bonds is 6. The first-order valence-electron chi connectivity index (χ1n) is 10.8. The van der Waals surface area contributed by atoms with Gasteiger partial charge in [-0.05, 0) is 64.0 Å². The van der Waals surface area contributed by atoms with Crippen LogP contribution in [0.2, 0.25) is 0 Å². The number of fused-ring (bicyclic) bond motifs is 1. The zero-order valence-corrected chi connectivity index (χ0v) is 20.5. The SMILES string of the molecule is Cc1ccc(OC(=O)C2CCC(C)CC2)c2c1S/C(=C(\C#N)C(=O)OCCC(C)(C)O)S2. The van der Waals surface area contributed by atoms with Crippen molar-refractivity contribution in [3.8, 4) is 11.8 Å². The van der Waals surface area contributed by atoms with E-state index in [2.05, 4.69) is 6.92 Å². The average molecular weight is 476 g/mol. The number of nitriles is 1. The summed E-state index contributed by atoms with van der Waals surface area (Å²) in [7, 11) is 0. The van der Waals surface area contributed by atoms with Gasteiger partial charge in [-0.1, -0.05) is 36.5 Å². The number of nitrogens with zero attached hydrogens (tertiary/aromatic N) is 1. The molecule has 1 heterocycles. The number of benzene rings is 1. The lowest BCUT2D eigenvalue weighted by Gasteiger charge is -2.24. The molecule has 6 nitrogen and oxygen atoms in total. The van der Waals surface area contributed by atoms with Crippen LogP contribution >= 0.6 is 23.5 Å². The Bertz CT molecular complexity index is 966. The van der Waals surface area contributed by atoms with E-state index in [4.69, 9.17) is 9.47 Å². The number of thioether (sulfide) groups is 2. The Morgan fingerprint density at radius 2 is 1.84 bits per heavy atom. The second-order valence-electron chi connectivity index (χ2n) is 9.09. The molecule has 0 saturated heterocycles. The van der Waals surface area contributed by atoms with Crippen LogP contribution < -0.4 is 4.74 Å². The van der Waals surface area contributed by atoms with Gasteiger partial charge in [0, 0.05) is 11.3 Å². The maximum absolute atomic E-state index is 12.7. The summed E-state index contributed by atoms with van der Waals surface area (Å²) in [5, 5.41) is 19.4. The lowest BCUT2D eigenvalue weighted by atomic mass is 9.83. The molecule has 32 heavy (non-hydrogen) atoms. The van der Waals surface area contributed by atoms with Crippen LogP contribution in [0, 0.1) is 30.1 Å². The van der Waals surface area contributed by atoms with Crippen molar-refractivity contribution < 1.29 is 24.2 Å². The van der Waals surface area contributed by atoms with Gasteiger partial charge >= 0.3 is 11.9 Å². The Kier molecular flexibility index (Phi) is 7.97. The largest absolute Gasteiger partial charge is 0.461 e. The van der Waals surface area contributed by atoms with E-state index in [1.54, 1.807) is 19.9 Å². The molecule has 0 unspecified atom stereocenters. The Morgan fingerprint density at radius 1 is 1.19 bits per heavy atom. The molecule has 0 radical (unpaired) electrons. The highest BCUT2D eigenvalue weighted by Gasteiger charge is 2.32. The molecule has 1 saturated carbocycles. The van der Waals surface area contributed by atoms with Gasteiger partial charge in [-0.25, -0.2) is 4.79 Å². The number of esters is 2. The van der Waals surface area contributed by atoms with Gasteiger partial charge in [0.1, 0.15) is 11.8 Å². The zero-order chi connectivity index (χ0) is 23.5. The van der Waals surface area contributed by atoms with Crippen LogP contribution in [0.1, 0.15) is 58.4 Å². The molecule has 1 fully saturated rings. The number of ether oxygens (including phenoxy) is 2. The van der Waals surface area contributed by atoms with Gasteiger partial charge in [0.2, 0.25) is 0 Å². The van der Waals surface area contributed by atoms with Crippen LogP contribution in [-0.4, -0.2) is 29.3 Å². The van der Waals surface area contributed by atoms with Crippen LogP contribution in [0.25, 0.3) is 0 Å². The molecule has 172 valence electrons. The van der Waals surface area contributed by atoms with E-state index < -0.39 is 11.6 Å². The smallest absolute Gasteiger partial charge is 0.350 e. The molecule has 1 aliphatic carbocycles. The van der Waals surface area contributed by atoms with Crippen LogP contribution in [0.4, 0.5) is 0 Å². The minimum Gasteiger partial charge on any atom is -0.461 e. The van der Waals surface area contributed by atoms with Crippen molar-refractivity contribution in [2.45, 2.75) is 75.2 Å². The summed E-state index contributed by atoms with van der Waals surface area (Å²) in [6, 6.07) is 5.62. The molecule has 0 atom stereocenters.